The standard InChI is InChI=1S/C14H11Cl2NO/c1-10-11(5-4-7-12(10)15)9-17(18)14-8-3-2-6-13(14)16/h2-9H,1H3. The summed E-state index contributed by atoms with van der Waals surface area (Å²) >= 11 is 12.0. The van der Waals surface area contributed by atoms with Gasteiger partial charge in [0.2, 0.25) is 5.69 Å². The van der Waals surface area contributed by atoms with Gasteiger partial charge in [-0.05, 0) is 30.7 Å². The lowest BCUT2D eigenvalue weighted by Crippen LogP contribution is -2.01. The SMILES string of the molecule is Cc1c(Cl)cccc1C=[N+]([O-])c1ccccc1Cl. The van der Waals surface area contributed by atoms with Crippen molar-refractivity contribution in [3.05, 3.63) is 68.8 Å². The number of nitrogens with zero attached hydrogens (tertiary/aromatic N) is 1. The third-order valence-electron chi connectivity index (χ3n) is 2.66. The van der Waals surface area contributed by atoms with Crippen LogP contribution in [-0.4, -0.2) is 11.0 Å². The van der Waals surface area contributed by atoms with Gasteiger partial charge in [0.1, 0.15) is 5.02 Å². The highest BCUT2D eigenvalue weighted by Crippen LogP contribution is 2.24. The first kappa shape index (κ1) is 12.9. The van der Waals surface area contributed by atoms with E-state index in [-0.39, 0.29) is 0 Å². The summed E-state index contributed by atoms with van der Waals surface area (Å²) in [4.78, 5) is 0. The number of hydrogen-bond acceptors (Lipinski definition) is 1. The van der Waals surface area contributed by atoms with Crippen LogP contribution < -0.4 is 0 Å². The van der Waals surface area contributed by atoms with Crippen LogP contribution in [0.15, 0.2) is 42.5 Å². The van der Waals surface area contributed by atoms with Crippen molar-refractivity contribution >= 4 is 35.1 Å². The Morgan fingerprint density at radius 3 is 2.39 bits per heavy atom. The van der Waals surface area contributed by atoms with E-state index in [1.165, 1.54) is 6.21 Å². The molecule has 0 aliphatic heterocycles. The minimum atomic E-state index is 0.415. The van der Waals surface area contributed by atoms with Gasteiger partial charge in [-0.1, -0.05) is 41.4 Å². The maximum absolute atomic E-state index is 12.0. The van der Waals surface area contributed by atoms with Crippen LogP contribution in [0.25, 0.3) is 0 Å². The van der Waals surface area contributed by atoms with Crippen molar-refractivity contribution in [3.8, 4) is 0 Å². The zero-order chi connectivity index (χ0) is 13.1. The van der Waals surface area contributed by atoms with Crippen molar-refractivity contribution in [1.29, 1.82) is 0 Å². The number of halogens is 2. The number of rotatable bonds is 2. The fourth-order valence-corrected chi connectivity index (χ4v) is 1.99. The molecule has 92 valence electrons. The first-order valence-electron chi connectivity index (χ1n) is 5.40. The fraction of sp³-hybridized carbons (Fsp3) is 0.0714. The molecule has 0 heterocycles. The van der Waals surface area contributed by atoms with Gasteiger partial charge in [0.25, 0.3) is 0 Å². The van der Waals surface area contributed by atoms with Crippen molar-refractivity contribution in [2.75, 3.05) is 0 Å². The second-order valence-corrected chi connectivity index (χ2v) is 4.67. The molecule has 0 unspecified atom stereocenters. The van der Waals surface area contributed by atoms with Crippen LogP contribution in [0.5, 0.6) is 0 Å². The van der Waals surface area contributed by atoms with Gasteiger partial charge in [0.05, 0.1) is 0 Å². The summed E-state index contributed by atoms with van der Waals surface area (Å²) in [6.07, 6.45) is 1.47. The summed E-state index contributed by atoms with van der Waals surface area (Å²) < 4.78 is 0.751. The van der Waals surface area contributed by atoms with Crippen LogP contribution in [0.2, 0.25) is 10.0 Å². The van der Waals surface area contributed by atoms with Gasteiger partial charge in [0.15, 0.2) is 6.21 Å². The third kappa shape index (κ3) is 2.66. The maximum atomic E-state index is 12.0. The molecule has 0 radical (unpaired) electrons. The number of hydrogen-bond donors (Lipinski definition) is 0. The van der Waals surface area contributed by atoms with Crippen molar-refractivity contribution in [3.63, 3.8) is 0 Å². The van der Waals surface area contributed by atoms with E-state index in [0.29, 0.717) is 15.7 Å². The van der Waals surface area contributed by atoms with Crippen LogP contribution >= 0.6 is 23.2 Å². The Bertz CT molecular complexity index is 608. The summed E-state index contributed by atoms with van der Waals surface area (Å²) in [7, 11) is 0. The quantitative estimate of drug-likeness (QED) is 0.342. The molecule has 0 saturated heterocycles. The van der Waals surface area contributed by atoms with Gasteiger partial charge in [-0.3, -0.25) is 0 Å². The molecule has 0 N–H and O–H groups in total. The van der Waals surface area contributed by atoms with E-state index in [1.54, 1.807) is 30.3 Å². The van der Waals surface area contributed by atoms with Crippen molar-refractivity contribution in [1.82, 2.24) is 0 Å². The normalized spacial score (nSPS) is 11.6. The smallest absolute Gasteiger partial charge is 0.235 e. The molecule has 0 atom stereocenters. The van der Waals surface area contributed by atoms with Gasteiger partial charge < -0.3 is 5.21 Å². The lowest BCUT2D eigenvalue weighted by molar-refractivity contribution is -0.354. The fourth-order valence-electron chi connectivity index (χ4n) is 1.59. The summed E-state index contributed by atoms with van der Waals surface area (Å²) in [6.45, 7) is 1.87. The molecule has 4 heteroatoms. The summed E-state index contributed by atoms with van der Waals surface area (Å²) in [5.41, 5.74) is 2.06. The second kappa shape index (κ2) is 5.42. The summed E-state index contributed by atoms with van der Waals surface area (Å²) in [6, 6.07) is 12.3. The largest absolute Gasteiger partial charge is 0.618 e. The Balaban J connectivity index is 2.45. The first-order valence-corrected chi connectivity index (χ1v) is 6.16. The molecule has 0 aliphatic rings. The number of para-hydroxylation sites is 1. The van der Waals surface area contributed by atoms with Crippen LogP contribution in [0.1, 0.15) is 11.1 Å². The molecular weight excluding hydrogens is 269 g/mol. The van der Waals surface area contributed by atoms with E-state index in [0.717, 1.165) is 15.9 Å². The Morgan fingerprint density at radius 2 is 1.67 bits per heavy atom. The second-order valence-electron chi connectivity index (χ2n) is 3.86. The van der Waals surface area contributed by atoms with Gasteiger partial charge in [-0.2, -0.15) is 4.74 Å². The maximum Gasteiger partial charge on any atom is 0.235 e. The molecule has 2 nitrogen and oxygen atoms in total. The molecule has 2 aromatic rings. The first-order chi connectivity index (χ1) is 8.59. The van der Waals surface area contributed by atoms with Gasteiger partial charge in [0, 0.05) is 16.7 Å². The molecule has 0 aliphatic carbocycles. The molecule has 0 saturated carbocycles. The highest BCUT2D eigenvalue weighted by atomic mass is 35.5. The Hall–Kier alpha value is -1.51. The molecule has 2 rings (SSSR count). The van der Waals surface area contributed by atoms with Crippen molar-refractivity contribution in [2.24, 2.45) is 0 Å². The zero-order valence-corrected chi connectivity index (χ0v) is 11.2. The third-order valence-corrected chi connectivity index (χ3v) is 3.38. The summed E-state index contributed by atoms with van der Waals surface area (Å²) in [5, 5.41) is 13.1. The van der Waals surface area contributed by atoms with Crippen molar-refractivity contribution < 1.29 is 4.74 Å². The Kier molecular flexibility index (Phi) is 3.90. The minimum absolute atomic E-state index is 0.415. The topological polar surface area (TPSA) is 26.1 Å². The van der Waals surface area contributed by atoms with Crippen LogP contribution in [0.4, 0.5) is 5.69 Å². The Labute approximate surface area is 116 Å². The van der Waals surface area contributed by atoms with Crippen LogP contribution in [-0.2, 0) is 0 Å². The summed E-state index contributed by atoms with van der Waals surface area (Å²) in [5.74, 6) is 0. The van der Waals surface area contributed by atoms with Crippen LogP contribution in [0, 0.1) is 12.1 Å². The van der Waals surface area contributed by atoms with Gasteiger partial charge >= 0.3 is 0 Å². The zero-order valence-electron chi connectivity index (χ0n) is 9.73. The predicted molar refractivity (Wildman–Crippen MR) is 76.1 cm³/mol. The van der Waals surface area contributed by atoms with Crippen LogP contribution in [0.3, 0.4) is 0 Å². The van der Waals surface area contributed by atoms with E-state index < -0.39 is 0 Å². The molecule has 0 aromatic heterocycles. The highest BCUT2D eigenvalue weighted by Gasteiger charge is 2.08. The lowest BCUT2D eigenvalue weighted by Gasteiger charge is -2.06. The molecule has 0 fully saturated rings. The molecule has 2 aromatic carbocycles. The van der Waals surface area contributed by atoms with E-state index in [9.17, 15) is 5.21 Å². The molecule has 0 amide bonds. The van der Waals surface area contributed by atoms with Gasteiger partial charge in [-0.25, -0.2) is 0 Å². The average molecular weight is 280 g/mol. The van der Waals surface area contributed by atoms with E-state index in [1.807, 2.05) is 19.1 Å². The van der Waals surface area contributed by atoms with E-state index >= 15 is 0 Å². The molecule has 0 spiro atoms. The van der Waals surface area contributed by atoms with E-state index in [4.69, 9.17) is 23.2 Å². The van der Waals surface area contributed by atoms with Crippen molar-refractivity contribution in [2.45, 2.75) is 6.92 Å². The van der Waals surface area contributed by atoms with E-state index in [2.05, 4.69) is 0 Å². The average Bonchev–Trinajstić information content (AvgIpc) is 2.35. The predicted octanol–water partition coefficient (Wildman–Crippen LogP) is 4.56. The van der Waals surface area contributed by atoms with Gasteiger partial charge in [-0.15, -0.1) is 0 Å². The number of benzene rings is 2. The molecular formula is C14H11Cl2NO. The molecule has 18 heavy (non-hydrogen) atoms. The molecule has 0 bridgehead atoms. The Morgan fingerprint density at radius 1 is 1.00 bits per heavy atom. The lowest BCUT2D eigenvalue weighted by atomic mass is 10.1. The monoisotopic (exact) mass is 279 g/mol. The highest BCUT2D eigenvalue weighted by molar-refractivity contribution is 6.32. The minimum Gasteiger partial charge on any atom is -0.618 e.